The van der Waals surface area contributed by atoms with Gasteiger partial charge in [0.25, 0.3) is 0 Å². The van der Waals surface area contributed by atoms with Crippen molar-refractivity contribution >= 4 is 0 Å². The van der Waals surface area contributed by atoms with Gasteiger partial charge in [-0.3, -0.25) is 0 Å². The summed E-state index contributed by atoms with van der Waals surface area (Å²) >= 11 is 0. The van der Waals surface area contributed by atoms with Gasteiger partial charge in [-0.15, -0.1) is 0 Å². The molecule has 3 heteroatoms. The van der Waals surface area contributed by atoms with Crippen LogP contribution in [-0.2, 0) is 16.1 Å². The average Bonchev–Trinajstić information content (AvgIpc) is 2.78. The molecule has 1 heterocycles. The molecule has 1 aliphatic heterocycles. The molecule has 0 aliphatic carbocycles. The minimum atomic E-state index is -0.0678. The van der Waals surface area contributed by atoms with E-state index in [1.165, 1.54) is 0 Å². The minimum Gasteiger partial charge on any atom is -0.380 e. The Labute approximate surface area is 95.6 Å². The van der Waals surface area contributed by atoms with Crippen molar-refractivity contribution in [2.45, 2.75) is 19.1 Å². The third-order valence-corrected chi connectivity index (χ3v) is 2.85. The largest absolute Gasteiger partial charge is 0.380 e. The Morgan fingerprint density at radius 3 is 3.19 bits per heavy atom. The van der Waals surface area contributed by atoms with Gasteiger partial charge in [0.15, 0.2) is 0 Å². The van der Waals surface area contributed by atoms with Gasteiger partial charge in [-0.25, -0.2) is 0 Å². The van der Waals surface area contributed by atoms with Crippen LogP contribution in [0.1, 0.15) is 23.7 Å². The van der Waals surface area contributed by atoms with E-state index in [9.17, 15) is 0 Å². The highest BCUT2D eigenvalue weighted by atomic mass is 16.5. The van der Waals surface area contributed by atoms with Crippen LogP contribution in [-0.4, -0.2) is 13.7 Å². The van der Waals surface area contributed by atoms with Crippen LogP contribution in [0.15, 0.2) is 24.3 Å². The van der Waals surface area contributed by atoms with Crippen LogP contribution in [0.25, 0.3) is 0 Å². The molecule has 0 N–H and O–H groups in total. The fourth-order valence-electron chi connectivity index (χ4n) is 2.08. The molecule has 2 rings (SSSR count). The number of rotatable bonds is 3. The molecule has 84 valence electrons. The second-order valence-electron chi connectivity index (χ2n) is 3.99. The number of hydrogen-bond donors (Lipinski definition) is 0. The van der Waals surface area contributed by atoms with Gasteiger partial charge in [0.2, 0.25) is 0 Å². The molecule has 0 bridgehead atoms. The fraction of sp³-hybridized carbons (Fsp3) is 0.462. The molecule has 1 fully saturated rings. The highest BCUT2D eigenvalue weighted by molar-refractivity contribution is 5.27. The van der Waals surface area contributed by atoms with Crippen molar-refractivity contribution in [2.75, 3.05) is 13.7 Å². The Morgan fingerprint density at radius 2 is 2.44 bits per heavy atom. The van der Waals surface area contributed by atoms with Gasteiger partial charge in [-0.05, 0) is 17.5 Å². The Balaban J connectivity index is 2.20. The van der Waals surface area contributed by atoms with Gasteiger partial charge >= 0.3 is 0 Å². The summed E-state index contributed by atoms with van der Waals surface area (Å²) in [5.41, 5.74) is 2.20. The predicted octanol–water partition coefficient (Wildman–Crippen LogP) is 2.43. The molecule has 1 aromatic carbocycles. The molecule has 3 nitrogen and oxygen atoms in total. The van der Waals surface area contributed by atoms with Crippen molar-refractivity contribution in [3.05, 3.63) is 35.4 Å². The summed E-state index contributed by atoms with van der Waals surface area (Å²) < 4.78 is 10.7. The number of nitrogens with zero attached hydrogens (tertiary/aromatic N) is 1. The van der Waals surface area contributed by atoms with E-state index >= 15 is 0 Å². The molecule has 2 atom stereocenters. The maximum atomic E-state index is 9.02. The Bertz CT molecular complexity index is 397. The number of benzene rings is 1. The molecule has 1 saturated heterocycles. The van der Waals surface area contributed by atoms with Crippen molar-refractivity contribution in [3.8, 4) is 6.07 Å². The minimum absolute atomic E-state index is 0.0159. The van der Waals surface area contributed by atoms with E-state index in [2.05, 4.69) is 12.1 Å². The third kappa shape index (κ3) is 2.24. The molecule has 1 aromatic rings. The van der Waals surface area contributed by atoms with Gasteiger partial charge in [0.05, 0.1) is 24.7 Å². The van der Waals surface area contributed by atoms with Crippen LogP contribution < -0.4 is 0 Å². The van der Waals surface area contributed by atoms with Crippen molar-refractivity contribution in [3.63, 3.8) is 0 Å². The predicted molar refractivity (Wildman–Crippen MR) is 59.6 cm³/mol. The Morgan fingerprint density at radius 1 is 1.56 bits per heavy atom. The van der Waals surface area contributed by atoms with Crippen molar-refractivity contribution in [2.24, 2.45) is 5.92 Å². The molecule has 0 spiro atoms. The lowest BCUT2D eigenvalue weighted by atomic mass is 9.96. The Hall–Kier alpha value is -1.37. The van der Waals surface area contributed by atoms with E-state index in [-0.39, 0.29) is 12.0 Å². The summed E-state index contributed by atoms with van der Waals surface area (Å²) in [4.78, 5) is 0. The van der Waals surface area contributed by atoms with E-state index in [1.807, 2.05) is 18.2 Å². The monoisotopic (exact) mass is 217 g/mol. The summed E-state index contributed by atoms with van der Waals surface area (Å²) in [5, 5.41) is 9.02. The topological polar surface area (TPSA) is 42.2 Å². The van der Waals surface area contributed by atoms with Crippen molar-refractivity contribution in [1.29, 1.82) is 5.26 Å². The van der Waals surface area contributed by atoms with Gasteiger partial charge in [-0.2, -0.15) is 5.26 Å². The SMILES string of the molecule is COCc1cccc(C2OCCC2C#N)c1. The highest BCUT2D eigenvalue weighted by Crippen LogP contribution is 2.34. The number of methoxy groups -OCH3 is 1. The summed E-state index contributed by atoms with van der Waals surface area (Å²) in [7, 11) is 1.68. The second-order valence-corrected chi connectivity index (χ2v) is 3.99. The third-order valence-electron chi connectivity index (χ3n) is 2.85. The van der Waals surface area contributed by atoms with Crippen molar-refractivity contribution in [1.82, 2.24) is 0 Å². The lowest BCUT2D eigenvalue weighted by molar-refractivity contribution is 0.100. The zero-order valence-electron chi connectivity index (χ0n) is 9.35. The first-order valence-corrected chi connectivity index (χ1v) is 5.44. The van der Waals surface area contributed by atoms with Gasteiger partial charge in [-0.1, -0.05) is 24.3 Å². The van der Waals surface area contributed by atoms with Crippen LogP contribution in [0.2, 0.25) is 0 Å². The summed E-state index contributed by atoms with van der Waals surface area (Å²) in [6.45, 7) is 1.27. The lowest BCUT2D eigenvalue weighted by Crippen LogP contribution is -2.05. The van der Waals surface area contributed by atoms with E-state index in [0.29, 0.717) is 13.2 Å². The van der Waals surface area contributed by atoms with Crippen LogP contribution >= 0.6 is 0 Å². The molecule has 0 aromatic heterocycles. The molecule has 0 amide bonds. The van der Waals surface area contributed by atoms with Crippen LogP contribution in [0.5, 0.6) is 0 Å². The van der Waals surface area contributed by atoms with Crippen LogP contribution in [0.4, 0.5) is 0 Å². The van der Waals surface area contributed by atoms with E-state index in [0.717, 1.165) is 17.5 Å². The zero-order chi connectivity index (χ0) is 11.4. The van der Waals surface area contributed by atoms with Gasteiger partial charge in [0, 0.05) is 13.7 Å². The van der Waals surface area contributed by atoms with Gasteiger partial charge in [0.1, 0.15) is 0 Å². The number of hydrogen-bond acceptors (Lipinski definition) is 3. The fourth-order valence-corrected chi connectivity index (χ4v) is 2.08. The number of ether oxygens (including phenoxy) is 2. The van der Waals surface area contributed by atoms with Gasteiger partial charge < -0.3 is 9.47 Å². The molecule has 0 radical (unpaired) electrons. The second kappa shape index (κ2) is 5.11. The standard InChI is InChI=1S/C13H15NO2/c1-15-9-10-3-2-4-11(7-10)13-12(8-14)5-6-16-13/h2-4,7,12-13H,5-6,9H2,1H3. The van der Waals surface area contributed by atoms with Crippen LogP contribution in [0, 0.1) is 17.2 Å². The molecule has 16 heavy (non-hydrogen) atoms. The molecular weight excluding hydrogens is 202 g/mol. The summed E-state index contributed by atoms with van der Waals surface area (Å²) in [6, 6.07) is 10.4. The zero-order valence-corrected chi connectivity index (χ0v) is 9.35. The maximum absolute atomic E-state index is 9.02. The van der Waals surface area contributed by atoms with Crippen molar-refractivity contribution < 1.29 is 9.47 Å². The van der Waals surface area contributed by atoms with E-state index < -0.39 is 0 Å². The lowest BCUT2D eigenvalue weighted by Gasteiger charge is -2.14. The first kappa shape index (κ1) is 11.1. The Kier molecular flexibility index (Phi) is 3.55. The molecule has 0 saturated carbocycles. The smallest absolute Gasteiger partial charge is 0.0983 e. The summed E-state index contributed by atoms with van der Waals surface area (Å²) in [5.74, 6) is -0.0159. The normalized spacial score (nSPS) is 24.2. The average molecular weight is 217 g/mol. The molecule has 1 aliphatic rings. The van der Waals surface area contributed by atoms with E-state index in [4.69, 9.17) is 14.7 Å². The summed E-state index contributed by atoms with van der Waals surface area (Å²) in [6.07, 6.45) is 0.761. The maximum Gasteiger partial charge on any atom is 0.0983 e. The molecular formula is C13H15NO2. The highest BCUT2D eigenvalue weighted by Gasteiger charge is 2.29. The van der Waals surface area contributed by atoms with Crippen LogP contribution in [0.3, 0.4) is 0 Å². The number of nitriles is 1. The molecule has 2 unspecified atom stereocenters. The van der Waals surface area contributed by atoms with E-state index in [1.54, 1.807) is 7.11 Å². The first-order valence-electron chi connectivity index (χ1n) is 5.44. The first-order chi connectivity index (χ1) is 7.85. The quantitative estimate of drug-likeness (QED) is 0.780.